The van der Waals surface area contributed by atoms with Crippen LogP contribution in [0.1, 0.15) is 24.1 Å². The molecule has 1 unspecified atom stereocenters. The van der Waals surface area contributed by atoms with E-state index in [1.807, 2.05) is 37.3 Å². The number of amides is 2. The molecule has 2 N–H and O–H groups in total. The van der Waals surface area contributed by atoms with Gasteiger partial charge in [-0.05, 0) is 36.2 Å². The Kier molecular flexibility index (Phi) is 5.48. The average Bonchev–Trinajstić information content (AvgIpc) is 2.47. The fourth-order valence-corrected chi connectivity index (χ4v) is 2.23. The molecule has 21 heavy (non-hydrogen) atoms. The Morgan fingerprint density at radius 3 is 2.43 bits per heavy atom. The first-order chi connectivity index (χ1) is 10.1. The summed E-state index contributed by atoms with van der Waals surface area (Å²) in [5.74, 6) is 0. The fourth-order valence-electron chi connectivity index (χ4n) is 1.90. The van der Waals surface area contributed by atoms with Gasteiger partial charge in [-0.2, -0.15) is 0 Å². The quantitative estimate of drug-likeness (QED) is 0.851. The first-order valence-electron chi connectivity index (χ1n) is 6.59. The van der Waals surface area contributed by atoms with Crippen LogP contribution in [-0.4, -0.2) is 6.03 Å². The molecule has 2 rings (SSSR count). The maximum Gasteiger partial charge on any atom is 0.315 e. The molecule has 0 bridgehead atoms. The Balaban J connectivity index is 1.87. The summed E-state index contributed by atoms with van der Waals surface area (Å²) in [5.41, 5.74) is 1.88. The second-order valence-corrected chi connectivity index (χ2v) is 5.54. The van der Waals surface area contributed by atoms with Crippen LogP contribution in [0.15, 0.2) is 48.5 Å². The van der Waals surface area contributed by atoms with Crippen molar-refractivity contribution in [1.29, 1.82) is 0 Å². The molecule has 0 saturated carbocycles. The summed E-state index contributed by atoms with van der Waals surface area (Å²) >= 11 is 11.9. The summed E-state index contributed by atoms with van der Waals surface area (Å²) in [5, 5.41) is 6.98. The van der Waals surface area contributed by atoms with Crippen molar-refractivity contribution in [1.82, 2.24) is 10.6 Å². The molecule has 3 nitrogen and oxygen atoms in total. The zero-order valence-corrected chi connectivity index (χ0v) is 13.1. The van der Waals surface area contributed by atoms with Crippen molar-refractivity contribution in [3.05, 3.63) is 69.7 Å². The van der Waals surface area contributed by atoms with Gasteiger partial charge >= 0.3 is 6.03 Å². The number of hydrogen-bond acceptors (Lipinski definition) is 1. The Labute approximate surface area is 134 Å². The predicted octanol–water partition coefficient (Wildman–Crippen LogP) is 4.55. The summed E-state index contributed by atoms with van der Waals surface area (Å²) in [7, 11) is 0. The van der Waals surface area contributed by atoms with Gasteiger partial charge in [0, 0.05) is 16.6 Å². The number of benzene rings is 2. The van der Waals surface area contributed by atoms with Crippen LogP contribution in [0.3, 0.4) is 0 Å². The zero-order valence-electron chi connectivity index (χ0n) is 11.6. The van der Waals surface area contributed by atoms with E-state index in [0.29, 0.717) is 16.6 Å². The minimum Gasteiger partial charge on any atom is -0.334 e. The van der Waals surface area contributed by atoms with E-state index < -0.39 is 0 Å². The molecule has 0 radical (unpaired) electrons. The van der Waals surface area contributed by atoms with E-state index in [4.69, 9.17) is 23.2 Å². The van der Waals surface area contributed by atoms with Gasteiger partial charge in [-0.1, -0.05) is 53.5 Å². The fraction of sp³-hybridized carbons (Fsp3) is 0.188. The molecule has 0 spiro atoms. The van der Waals surface area contributed by atoms with Gasteiger partial charge in [0.1, 0.15) is 0 Å². The van der Waals surface area contributed by atoms with Crippen molar-refractivity contribution in [3.8, 4) is 0 Å². The molecule has 2 aromatic carbocycles. The van der Waals surface area contributed by atoms with Crippen molar-refractivity contribution >= 4 is 29.2 Å². The first-order valence-corrected chi connectivity index (χ1v) is 7.35. The molecule has 1 atom stereocenters. The Bertz CT molecular complexity index is 614. The minimum atomic E-state index is -0.239. The van der Waals surface area contributed by atoms with Crippen molar-refractivity contribution in [3.63, 3.8) is 0 Å². The summed E-state index contributed by atoms with van der Waals surface area (Å²) in [6.07, 6.45) is 0. The molecular formula is C16H16Cl2N2O. The largest absolute Gasteiger partial charge is 0.334 e. The molecule has 0 aliphatic rings. The van der Waals surface area contributed by atoms with E-state index in [9.17, 15) is 4.79 Å². The molecule has 0 aliphatic heterocycles. The van der Waals surface area contributed by atoms with E-state index in [1.54, 1.807) is 18.2 Å². The normalized spacial score (nSPS) is 11.8. The van der Waals surface area contributed by atoms with E-state index in [2.05, 4.69) is 10.6 Å². The Morgan fingerprint density at radius 1 is 1.10 bits per heavy atom. The van der Waals surface area contributed by atoms with Crippen LogP contribution in [0.5, 0.6) is 0 Å². The molecule has 0 heterocycles. The van der Waals surface area contributed by atoms with E-state index in [-0.39, 0.29) is 12.1 Å². The SMILES string of the molecule is CC(NC(=O)NCc1ccccc1Cl)c1ccc(Cl)cc1. The highest BCUT2D eigenvalue weighted by Crippen LogP contribution is 2.16. The van der Waals surface area contributed by atoms with Gasteiger partial charge in [0.05, 0.1) is 6.04 Å². The highest BCUT2D eigenvalue weighted by molar-refractivity contribution is 6.31. The van der Waals surface area contributed by atoms with Crippen LogP contribution in [-0.2, 0) is 6.54 Å². The Hall–Kier alpha value is -1.71. The summed E-state index contributed by atoms with van der Waals surface area (Å²) in [4.78, 5) is 11.9. The zero-order chi connectivity index (χ0) is 15.2. The monoisotopic (exact) mass is 322 g/mol. The van der Waals surface area contributed by atoms with Crippen molar-refractivity contribution in [2.45, 2.75) is 19.5 Å². The maximum atomic E-state index is 11.9. The molecule has 2 amide bonds. The molecule has 110 valence electrons. The van der Waals surface area contributed by atoms with Crippen molar-refractivity contribution in [2.24, 2.45) is 0 Å². The number of halogens is 2. The highest BCUT2D eigenvalue weighted by atomic mass is 35.5. The molecule has 0 fully saturated rings. The summed E-state index contributed by atoms with van der Waals surface area (Å²) in [6.45, 7) is 2.30. The van der Waals surface area contributed by atoms with Gasteiger partial charge in [0.2, 0.25) is 0 Å². The maximum absolute atomic E-state index is 11.9. The van der Waals surface area contributed by atoms with Gasteiger partial charge < -0.3 is 10.6 Å². The number of hydrogen-bond donors (Lipinski definition) is 2. The average molecular weight is 323 g/mol. The lowest BCUT2D eigenvalue weighted by Crippen LogP contribution is -2.36. The van der Waals surface area contributed by atoms with E-state index in [1.165, 1.54) is 0 Å². The number of carbonyl (C=O) groups is 1. The number of urea groups is 1. The first kappa shape index (κ1) is 15.7. The summed E-state index contributed by atoms with van der Waals surface area (Å²) < 4.78 is 0. The van der Waals surface area contributed by atoms with Crippen LogP contribution in [0.25, 0.3) is 0 Å². The molecule has 5 heteroatoms. The second-order valence-electron chi connectivity index (χ2n) is 4.69. The van der Waals surface area contributed by atoms with Crippen molar-refractivity contribution < 1.29 is 4.79 Å². The van der Waals surface area contributed by atoms with Crippen LogP contribution >= 0.6 is 23.2 Å². The molecule has 2 aromatic rings. The van der Waals surface area contributed by atoms with Gasteiger partial charge in [-0.3, -0.25) is 0 Å². The Morgan fingerprint density at radius 2 is 1.76 bits per heavy atom. The van der Waals surface area contributed by atoms with Gasteiger partial charge in [0.25, 0.3) is 0 Å². The van der Waals surface area contributed by atoms with Gasteiger partial charge in [0.15, 0.2) is 0 Å². The van der Waals surface area contributed by atoms with Crippen LogP contribution in [0, 0.1) is 0 Å². The van der Waals surface area contributed by atoms with Crippen molar-refractivity contribution in [2.75, 3.05) is 0 Å². The highest BCUT2D eigenvalue weighted by Gasteiger charge is 2.09. The lowest BCUT2D eigenvalue weighted by Gasteiger charge is -2.15. The topological polar surface area (TPSA) is 41.1 Å². The van der Waals surface area contributed by atoms with Crippen LogP contribution < -0.4 is 10.6 Å². The smallest absolute Gasteiger partial charge is 0.315 e. The number of nitrogens with one attached hydrogen (secondary N) is 2. The van der Waals surface area contributed by atoms with Crippen LogP contribution in [0.2, 0.25) is 10.0 Å². The van der Waals surface area contributed by atoms with E-state index in [0.717, 1.165) is 11.1 Å². The lowest BCUT2D eigenvalue weighted by atomic mass is 10.1. The molecule has 0 aromatic heterocycles. The standard InChI is InChI=1S/C16H16Cl2N2O/c1-11(12-6-8-14(17)9-7-12)20-16(21)19-10-13-4-2-3-5-15(13)18/h2-9,11H,10H2,1H3,(H2,19,20,21). The van der Waals surface area contributed by atoms with Gasteiger partial charge in [-0.25, -0.2) is 4.79 Å². The third-order valence-electron chi connectivity index (χ3n) is 3.11. The lowest BCUT2D eigenvalue weighted by molar-refractivity contribution is 0.237. The molecular weight excluding hydrogens is 307 g/mol. The second kappa shape index (κ2) is 7.34. The van der Waals surface area contributed by atoms with E-state index >= 15 is 0 Å². The number of rotatable bonds is 4. The molecule has 0 saturated heterocycles. The third-order valence-corrected chi connectivity index (χ3v) is 3.74. The predicted molar refractivity (Wildman–Crippen MR) is 86.7 cm³/mol. The van der Waals surface area contributed by atoms with Gasteiger partial charge in [-0.15, -0.1) is 0 Å². The summed E-state index contributed by atoms with van der Waals surface area (Å²) in [6, 6.07) is 14.5. The third kappa shape index (κ3) is 4.66. The molecule has 0 aliphatic carbocycles. The van der Waals surface area contributed by atoms with Crippen LogP contribution in [0.4, 0.5) is 4.79 Å². The number of carbonyl (C=O) groups excluding carboxylic acids is 1. The minimum absolute atomic E-state index is 0.103.